The molecule has 2 fully saturated rings. The molecule has 2 aliphatic heterocycles. The monoisotopic (exact) mass is 235 g/mol. The van der Waals surface area contributed by atoms with Crippen LogP contribution in [0, 0.1) is 5.95 Å². The van der Waals surface area contributed by atoms with Crippen molar-refractivity contribution in [2.45, 2.75) is 31.3 Å². The van der Waals surface area contributed by atoms with Gasteiger partial charge in [0.15, 0.2) is 0 Å². The quantitative estimate of drug-likeness (QED) is 0.693. The van der Waals surface area contributed by atoms with Gasteiger partial charge in [-0.25, -0.2) is 4.98 Å². The van der Waals surface area contributed by atoms with Crippen LogP contribution in [0.1, 0.15) is 19.3 Å². The van der Waals surface area contributed by atoms with E-state index in [0.29, 0.717) is 6.04 Å². The number of rotatable bonds is 1. The highest BCUT2D eigenvalue weighted by atomic mass is 19.1. The van der Waals surface area contributed by atoms with E-state index in [2.05, 4.69) is 21.8 Å². The number of nitrogens with zero attached hydrogens (tertiary/aromatic N) is 3. The van der Waals surface area contributed by atoms with Crippen molar-refractivity contribution in [3.63, 3.8) is 0 Å². The number of hydrogen-bond acceptors (Lipinski definition) is 3. The summed E-state index contributed by atoms with van der Waals surface area (Å²) in [4.78, 5) is 8.41. The first-order chi connectivity index (χ1) is 8.24. The van der Waals surface area contributed by atoms with Crippen molar-refractivity contribution in [2.24, 2.45) is 0 Å². The van der Waals surface area contributed by atoms with E-state index in [9.17, 15) is 4.39 Å². The molecule has 3 rings (SSSR count). The lowest BCUT2D eigenvalue weighted by molar-refractivity contribution is 0.254. The van der Waals surface area contributed by atoms with E-state index in [0.717, 1.165) is 24.8 Å². The molecule has 2 atom stereocenters. The Morgan fingerprint density at radius 3 is 2.94 bits per heavy atom. The molecule has 3 nitrogen and oxygen atoms in total. The molecule has 0 aliphatic carbocycles. The van der Waals surface area contributed by atoms with Crippen molar-refractivity contribution >= 4 is 5.69 Å². The second kappa shape index (κ2) is 4.26. The lowest BCUT2D eigenvalue weighted by atomic mass is 10.1. The van der Waals surface area contributed by atoms with E-state index in [-0.39, 0.29) is 5.95 Å². The number of fused-ring (bicyclic) bond motifs is 2. The largest absolute Gasteiger partial charge is 0.370 e. The summed E-state index contributed by atoms with van der Waals surface area (Å²) in [6.07, 6.45) is 5.32. The van der Waals surface area contributed by atoms with E-state index < -0.39 is 0 Å². The van der Waals surface area contributed by atoms with E-state index in [4.69, 9.17) is 0 Å². The average Bonchev–Trinajstić information content (AvgIpc) is 2.53. The minimum Gasteiger partial charge on any atom is -0.370 e. The van der Waals surface area contributed by atoms with Gasteiger partial charge in [-0.3, -0.25) is 4.90 Å². The average molecular weight is 235 g/mol. The topological polar surface area (TPSA) is 19.4 Å². The van der Waals surface area contributed by atoms with E-state index >= 15 is 0 Å². The lowest BCUT2D eigenvalue weighted by Crippen LogP contribution is -2.36. The van der Waals surface area contributed by atoms with Gasteiger partial charge in [-0.2, -0.15) is 4.39 Å². The molecular formula is C13H18FN3. The fraction of sp³-hybridized carbons (Fsp3) is 0.615. The van der Waals surface area contributed by atoms with Gasteiger partial charge >= 0.3 is 0 Å². The van der Waals surface area contributed by atoms with Crippen LogP contribution in [0.15, 0.2) is 18.3 Å². The molecule has 92 valence electrons. The molecule has 2 aliphatic rings. The first kappa shape index (κ1) is 11.0. The van der Waals surface area contributed by atoms with Gasteiger partial charge < -0.3 is 4.90 Å². The van der Waals surface area contributed by atoms with Crippen LogP contribution in [0.5, 0.6) is 0 Å². The van der Waals surface area contributed by atoms with Crippen molar-refractivity contribution in [3.8, 4) is 0 Å². The SMILES string of the molecule is CN1C2CCC1CN(c1ccnc(F)c1)CC2. The summed E-state index contributed by atoms with van der Waals surface area (Å²) in [5, 5.41) is 0. The van der Waals surface area contributed by atoms with Crippen molar-refractivity contribution in [1.82, 2.24) is 9.88 Å². The van der Waals surface area contributed by atoms with Crippen LogP contribution in [0.2, 0.25) is 0 Å². The van der Waals surface area contributed by atoms with Crippen LogP contribution in [0.3, 0.4) is 0 Å². The summed E-state index contributed by atoms with van der Waals surface area (Å²) in [6, 6.07) is 4.79. The maximum Gasteiger partial charge on any atom is 0.214 e. The molecule has 2 bridgehead atoms. The van der Waals surface area contributed by atoms with Gasteiger partial charge in [0.05, 0.1) is 0 Å². The molecule has 0 N–H and O–H groups in total. The molecule has 2 unspecified atom stereocenters. The third-order valence-electron chi connectivity index (χ3n) is 4.22. The Bertz CT molecular complexity index is 409. The molecule has 0 aromatic carbocycles. The van der Waals surface area contributed by atoms with Gasteiger partial charge in [0.2, 0.25) is 5.95 Å². The van der Waals surface area contributed by atoms with E-state index in [1.807, 2.05) is 6.07 Å². The number of hydrogen-bond donors (Lipinski definition) is 0. The second-order valence-electron chi connectivity index (χ2n) is 5.12. The Hall–Kier alpha value is -1.16. The van der Waals surface area contributed by atoms with Crippen molar-refractivity contribution in [2.75, 3.05) is 25.0 Å². The van der Waals surface area contributed by atoms with Gasteiger partial charge in [-0.1, -0.05) is 0 Å². The number of pyridine rings is 1. The van der Waals surface area contributed by atoms with Crippen molar-refractivity contribution in [1.29, 1.82) is 0 Å². The third kappa shape index (κ3) is 2.02. The number of anilines is 1. The highest BCUT2D eigenvalue weighted by Crippen LogP contribution is 2.30. The number of halogens is 1. The van der Waals surface area contributed by atoms with Crippen LogP contribution in [0.4, 0.5) is 10.1 Å². The Labute approximate surface area is 101 Å². The fourth-order valence-electron chi connectivity index (χ4n) is 3.13. The fourth-order valence-corrected chi connectivity index (χ4v) is 3.13. The zero-order valence-electron chi connectivity index (χ0n) is 10.1. The van der Waals surface area contributed by atoms with Crippen LogP contribution < -0.4 is 4.90 Å². The molecule has 2 saturated heterocycles. The van der Waals surface area contributed by atoms with Gasteiger partial charge in [0.1, 0.15) is 0 Å². The van der Waals surface area contributed by atoms with Gasteiger partial charge in [0.25, 0.3) is 0 Å². The molecule has 1 aromatic heterocycles. The number of likely N-dealkylation sites (N-methyl/N-ethyl adjacent to an activating group) is 1. The Morgan fingerprint density at radius 2 is 2.12 bits per heavy atom. The summed E-state index contributed by atoms with van der Waals surface area (Å²) in [6.45, 7) is 2.03. The molecule has 17 heavy (non-hydrogen) atoms. The first-order valence-corrected chi connectivity index (χ1v) is 6.32. The van der Waals surface area contributed by atoms with Crippen molar-refractivity contribution < 1.29 is 4.39 Å². The van der Waals surface area contributed by atoms with Gasteiger partial charge in [-0.15, -0.1) is 0 Å². The second-order valence-corrected chi connectivity index (χ2v) is 5.12. The standard InChI is InChI=1S/C13H18FN3/c1-16-10-2-3-12(16)9-17(7-5-10)11-4-6-15-13(14)8-11/h4,6,8,10,12H,2-3,5,7,9H2,1H3. The molecule has 0 amide bonds. The summed E-state index contributed by atoms with van der Waals surface area (Å²) < 4.78 is 13.1. The maximum absolute atomic E-state index is 13.1. The van der Waals surface area contributed by atoms with E-state index in [1.165, 1.54) is 19.3 Å². The van der Waals surface area contributed by atoms with Crippen molar-refractivity contribution in [3.05, 3.63) is 24.3 Å². The van der Waals surface area contributed by atoms with Crippen LogP contribution in [-0.4, -0.2) is 42.1 Å². The molecule has 0 saturated carbocycles. The summed E-state index contributed by atoms with van der Waals surface area (Å²) in [5.74, 6) is -0.384. The summed E-state index contributed by atoms with van der Waals surface area (Å²) in [7, 11) is 2.22. The summed E-state index contributed by atoms with van der Waals surface area (Å²) in [5.41, 5.74) is 0.971. The Balaban J connectivity index is 1.81. The molecular weight excluding hydrogens is 217 g/mol. The van der Waals surface area contributed by atoms with Crippen LogP contribution >= 0.6 is 0 Å². The van der Waals surface area contributed by atoms with Gasteiger partial charge in [-0.05, 0) is 32.4 Å². The highest BCUT2D eigenvalue weighted by molar-refractivity contribution is 5.45. The first-order valence-electron chi connectivity index (χ1n) is 6.32. The third-order valence-corrected chi connectivity index (χ3v) is 4.22. The zero-order chi connectivity index (χ0) is 11.8. The molecule has 0 spiro atoms. The van der Waals surface area contributed by atoms with E-state index in [1.54, 1.807) is 12.3 Å². The predicted octanol–water partition coefficient (Wildman–Crippen LogP) is 1.89. The molecule has 3 heterocycles. The summed E-state index contributed by atoms with van der Waals surface area (Å²) >= 11 is 0. The normalized spacial score (nSPS) is 29.4. The highest BCUT2D eigenvalue weighted by Gasteiger charge is 2.34. The lowest BCUT2D eigenvalue weighted by Gasteiger charge is -2.27. The Kier molecular flexibility index (Phi) is 2.74. The smallest absolute Gasteiger partial charge is 0.214 e. The molecule has 1 aromatic rings. The zero-order valence-corrected chi connectivity index (χ0v) is 10.1. The molecule has 0 radical (unpaired) electrons. The molecule has 4 heteroatoms. The minimum atomic E-state index is -0.384. The predicted molar refractivity (Wildman–Crippen MR) is 65.6 cm³/mol. The van der Waals surface area contributed by atoms with Crippen LogP contribution in [-0.2, 0) is 0 Å². The van der Waals surface area contributed by atoms with Gasteiger partial charge in [0, 0.05) is 43.1 Å². The minimum absolute atomic E-state index is 0.384. The maximum atomic E-state index is 13.1. The van der Waals surface area contributed by atoms with Crippen LogP contribution in [0.25, 0.3) is 0 Å². The number of aromatic nitrogens is 1. The Morgan fingerprint density at radius 1 is 1.29 bits per heavy atom.